The van der Waals surface area contributed by atoms with Crippen LogP contribution >= 0.6 is 0 Å². The van der Waals surface area contributed by atoms with Crippen LogP contribution < -0.4 is 15.0 Å². The number of aromatic nitrogens is 2. The van der Waals surface area contributed by atoms with Gasteiger partial charge in [-0.25, -0.2) is 14.8 Å². The van der Waals surface area contributed by atoms with Gasteiger partial charge in [0.2, 0.25) is 12.2 Å². The third-order valence-electron chi connectivity index (χ3n) is 7.08. The van der Waals surface area contributed by atoms with Crippen molar-refractivity contribution < 1.29 is 23.8 Å². The predicted molar refractivity (Wildman–Crippen MR) is 141 cm³/mol. The Bertz CT molecular complexity index is 1290. The highest BCUT2D eigenvalue weighted by Crippen LogP contribution is 2.33. The lowest BCUT2D eigenvalue weighted by atomic mass is 10.0. The first-order chi connectivity index (χ1) is 18.9. The Hall–Kier alpha value is -3.79. The van der Waals surface area contributed by atoms with Gasteiger partial charge in [0.1, 0.15) is 34.7 Å². The number of likely N-dealkylation sites (N-methyl/N-ethyl adjacent to an activating group) is 1. The van der Waals surface area contributed by atoms with Crippen LogP contribution in [0.3, 0.4) is 0 Å². The fourth-order valence-electron chi connectivity index (χ4n) is 4.83. The van der Waals surface area contributed by atoms with E-state index in [-0.39, 0.29) is 12.0 Å². The van der Waals surface area contributed by atoms with Crippen molar-refractivity contribution >= 4 is 23.6 Å². The molecule has 1 saturated carbocycles. The molecule has 0 bridgehead atoms. The summed E-state index contributed by atoms with van der Waals surface area (Å²) in [4.78, 5) is 40.6. The van der Waals surface area contributed by atoms with Crippen LogP contribution in [-0.4, -0.2) is 85.3 Å². The van der Waals surface area contributed by atoms with Gasteiger partial charge in [-0.05, 0) is 49.9 Å². The van der Waals surface area contributed by atoms with Crippen LogP contribution in [0.4, 0.5) is 16.4 Å². The van der Waals surface area contributed by atoms with Gasteiger partial charge in [-0.15, -0.1) is 0 Å². The molecule has 4 heterocycles. The number of aryl methyl sites for hydroxylation is 1. The summed E-state index contributed by atoms with van der Waals surface area (Å²) in [6.45, 7) is 2.64. The van der Waals surface area contributed by atoms with Gasteiger partial charge in [0.15, 0.2) is 0 Å². The Morgan fingerprint density at radius 2 is 2.03 bits per heavy atom. The molecular weight excluding hydrogens is 502 g/mol. The zero-order valence-corrected chi connectivity index (χ0v) is 22.5. The number of methoxy groups -OCH3 is 2. The molecule has 3 amide bonds. The number of carbonyl (C=O) groups excluding carboxylic acids is 2. The van der Waals surface area contributed by atoms with E-state index < -0.39 is 12.3 Å². The van der Waals surface area contributed by atoms with Gasteiger partial charge in [-0.1, -0.05) is 0 Å². The molecule has 206 valence electrons. The number of fused-ring (bicyclic) bond motifs is 1. The minimum atomic E-state index is -0.762. The number of nitrogens with zero attached hydrogens (tertiary/aromatic N) is 6. The Morgan fingerprint density at radius 1 is 1.23 bits per heavy atom. The number of hydrogen-bond donors (Lipinski definition) is 1. The van der Waals surface area contributed by atoms with Crippen molar-refractivity contribution in [3.63, 3.8) is 0 Å². The van der Waals surface area contributed by atoms with Crippen LogP contribution in [-0.2, 0) is 27.2 Å². The first-order valence-corrected chi connectivity index (χ1v) is 13.1. The van der Waals surface area contributed by atoms with E-state index in [0.29, 0.717) is 54.8 Å². The minimum absolute atomic E-state index is 0.0553. The molecule has 2 aromatic rings. The van der Waals surface area contributed by atoms with Gasteiger partial charge in [-0.2, -0.15) is 5.26 Å². The quantitative estimate of drug-likeness (QED) is 0.506. The molecule has 0 unspecified atom stereocenters. The fraction of sp³-hybridized carbons (Fsp3) is 0.519. The number of nitrogens with one attached hydrogen (secondary N) is 1. The third-order valence-corrected chi connectivity index (χ3v) is 7.08. The Morgan fingerprint density at radius 3 is 2.72 bits per heavy atom. The second-order valence-corrected chi connectivity index (χ2v) is 10.1. The molecule has 1 N–H and O–H groups in total. The van der Waals surface area contributed by atoms with Crippen LogP contribution in [0.15, 0.2) is 18.3 Å². The molecule has 12 heteroatoms. The van der Waals surface area contributed by atoms with E-state index in [0.717, 1.165) is 43.4 Å². The van der Waals surface area contributed by atoms with Crippen molar-refractivity contribution in [3.05, 3.63) is 40.7 Å². The number of pyridine rings is 2. The zero-order chi connectivity index (χ0) is 27.5. The van der Waals surface area contributed by atoms with Crippen LogP contribution in [0.25, 0.3) is 0 Å². The van der Waals surface area contributed by atoms with Crippen molar-refractivity contribution in [2.24, 2.45) is 0 Å². The van der Waals surface area contributed by atoms with Crippen molar-refractivity contribution in [1.82, 2.24) is 19.8 Å². The van der Waals surface area contributed by atoms with Gasteiger partial charge in [0, 0.05) is 46.5 Å². The molecule has 1 aliphatic carbocycles. The van der Waals surface area contributed by atoms with E-state index in [2.05, 4.69) is 16.4 Å². The summed E-state index contributed by atoms with van der Waals surface area (Å²) in [5.41, 5.74) is 2.60. The molecule has 1 saturated heterocycles. The van der Waals surface area contributed by atoms with E-state index in [1.165, 1.54) is 20.4 Å². The lowest BCUT2D eigenvalue weighted by Gasteiger charge is -2.34. The molecule has 39 heavy (non-hydrogen) atoms. The molecule has 0 atom stereocenters. The number of carbonyl (C=O) groups is 2. The first kappa shape index (κ1) is 26.8. The number of anilines is 2. The van der Waals surface area contributed by atoms with Crippen LogP contribution in [0, 0.1) is 11.3 Å². The average Bonchev–Trinajstić information content (AvgIpc) is 3.75. The highest BCUT2D eigenvalue weighted by atomic mass is 16.7. The highest BCUT2D eigenvalue weighted by molar-refractivity contribution is 6.01. The van der Waals surface area contributed by atoms with Gasteiger partial charge in [0.25, 0.3) is 0 Å². The Labute approximate surface area is 227 Å². The van der Waals surface area contributed by atoms with Crippen LogP contribution in [0.2, 0.25) is 0 Å². The predicted octanol–water partition coefficient (Wildman–Crippen LogP) is 2.44. The number of nitriles is 1. The lowest BCUT2D eigenvalue weighted by Crippen LogP contribution is -2.48. The van der Waals surface area contributed by atoms with Gasteiger partial charge in [-0.3, -0.25) is 19.9 Å². The Kier molecular flexibility index (Phi) is 7.92. The zero-order valence-electron chi connectivity index (χ0n) is 22.5. The van der Waals surface area contributed by atoms with Crippen molar-refractivity contribution in [3.8, 4) is 11.8 Å². The van der Waals surface area contributed by atoms with E-state index in [1.807, 2.05) is 22.9 Å². The maximum atomic E-state index is 13.4. The number of ether oxygens (including phenoxy) is 3. The molecule has 0 aromatic carbocycles. The molecule has 2 aromatic heterocycles. The van der Waals surface area contributed by atoms with Gasteiger partial charge < -0.3 is 19.1 Å². The number of amides is 3. The third kappa shape index (κ3) is 5.95. The summed E-state index contributed by atoms with van der Waals surface area (Å²) < 4.78 is 16.9. The average molecular weight is 536 g/mol. The van der Waals surface area contributed by atoms with E-state index >= 15 is 0 Å². The summed E-state index contributed by atoms with van der Waals surface area (Å²) in [6.07, 6.45) is 4.14. The smallest absolute Gasteiger partial charge is 0.328 e. The topological polar surface area (TPSA) is 133 Å². The minimum Gasteiger partial charge on any atom is -0.489 e. The monoisotopic (exact) mass is 535 g/mol. The van der Waals surface area contributed by atoms with Crippen LogP contribution in [0.5, 0.6) is 5.75 Å². The summed E-state index contributed by atoms with van der Waals surface area (Å²) >= 11 is 0. The van der Waals surface area contributed by atoms with Crippen molar-refractivity contribution in [2.75, 3.05) is 57.7 Å². The molecule has 5 rings (SSSR count). The molecule has 3 aliphatic rings. The number of urea groups is 1. The van der Waals surface area contributed by atoms with Crippen LogP contribution in [0.1, 0.15) is 47.9 Å². The van der Waals surface area contributed by atoms with E-state index in [4.69, 9.17) is 19.2 Å². The summed E-state index contributed by atoms with van der Waals surface area (Å²) in [7, 11) is 4.99. The summed E-state index contributed by atoms with van der Waals surface area (Å²) in [6, 6.07) is 5.28. The maximum absolute atomic E-state index is 13.4. The maximum Gasteiger partial charge on any atom is 0.328 e. The van der Waals surface area contributed by atoms with Crippen molar-refractivity contribution in [1.29, 1.82) is 5.26 Å². The second-order valence-electron chi connectivity index (χ2n) is 10.1. The molecule has 2 aliphatic heterocycles. The second kappa shape index (κ2) is 11.5. The molecule has 12 nitrogen and oxygen atoms in total. The molecule has 0 radical (unpaired) electrons. The van der Waals surface area contributed by atoms with Gasteiger partial charge >= 0.3 is 6.03 Å². The summed E-state index contributed by atoms with van der Waals surface area (Å²) in [5, 5.41) is 12.2. The van der Waals surface area contributed by atoms with Gasteiger partial charge in [0.05, 0.1) is 18.8 Å². The van der Waals surface area contributed by atoms with E-state index in [9.17, 15) is 14.9 Å². The number of hydrogen-bond acceptors (Lipinski definition) is 9. The number of rotatable bonds is 8. The normalized spacial score (nSPS) is 17.7. The molecule has 2 fully saturated rings. The van der Waals surface area contributed by atoms with Crippen molar-refractivity contribution in [2.45, 2.75) is 44.6 Å². The lowest BCUT2D eigenvalue weighted by molar-refractivity contribution is -0.136. The first-order valence-electron chi connectivity index (χ1n) is 13.1. The highest BCUT2D eigenvalue weighted by Gasteiger charge is 2.31. The SMILES string of the molecule is COC(OC)c1nc2c(cc1CN1CCN(C)CC1=O)CCCN2C(=O)Nc1cc(OC2CC2)c(C#N)cn1. The largest absolute Gasteiger partial charge is 0.489 e. The number of piperazine rings is 1. The summed E-state index contributed by atoms with van der Waals surface area (Å²) in [5.74, 6) is 1.28. The fourth-order valence-corrected chi connectivity index (χ4v) is 4.83. The molecular formula is C27H33N7O5. The molecule has 0 spiro atoms. The van der Waals surface area contributed by atoms with E-state index in [1.54, 1.807) is 11.0 Å². The standard InChI is InChI=1S/C27H33N7O5/c1-32-9-10-33(23(35)16-32)15-18-11-17-5-4-8-34(25(17)31-24(18)26(37-2)38-3)27(36)30-22-12-21(39-20-6-7-20)19(13-28)14-29-22/h11-12,14,20,26H,4-10,15-16H2,1-3H3,(H,29,30,36). The Balaban J connectivity index is 1.41.